The minimum absolute atomic E-state index is 0.245. The Kier molecular flexibility index (Phi) is 3.99. The van der Waals surface area contributed by atoms with Gasteiger partial charge in [-0.3, -0.25) is 4.68 Å². The molecule has 0 atom stereocenters. The Labute approximate surface area is 112 Å². The summed E-state index contributed by atoms with van der Waals surface area (Å²) in [4.78, 5) is 8.86. The Morgan fingerprint density at radius 1 is 1.37 bits per heavy atom. The van der Waals surface area contributed by atoms with Crippen LogP contribution < -0.4 is 10.1 Å². The second kappa shape index (κ2) is 5.69. The van der Waals surface area contributed by atoms with E-state index in [-0.39, 0.29) is 5.92 Å². The van der Waals surface area contributed by atoms with E-state index in [0.717, 1.165) is 18.2 Å². The highest BCUT2D eigenvalue weighted by Gasteiger charge is 2.10. The fourth-order valence-corrected chi connectivity index (χ4v) is 1.60. The lowest BCUT2D eigenvalue weighted by atomic mass is 10.2. The van der Waals surface area contributed by atoms with Gasteiger partial charge in [0.15, 0.2) is 5.75 Å². The van der Waals surface area contributed by atoms with E-state index in [4.69, 9.17) is 4.74 Å². The fraction of sp³-hybridized carbons (Fsp3) is 0.462. The van der Waals surface area contributed by atoms with Crippen molar-refractivity contribution in [2.45, 2.75) is 26.7 Å². The molecule has 1 N–H and O–H groups in total. The van der Waals surface area contributed by atoms with E-state index in [1.165, 1.54) is 0 Å². The number of nitrogens with one attached hydrogen (secondary N) is 1. The number of hydrogen-bond acceptors (Lipinski definition) is 5. The molecule has 0 aliphatic rings. The van der Waals surface area contributed by atoms with Gasteiger partial charge in [-0.1, -0.05) is 13.8 Å². The molecule has 6 nitrogen and oxygen atoms in total. The number of hydrogen-bond donors (Lipinski definition) is 1. The van der Waals surface area contributed by atoms with Crippen molar-refractivity contribution >= 4 is 5.82 Å². The van der Waals surface area contributed by atoms with Gasteiger partial charge in [-0.15, -0.1) is 0 Å². The van der Waals surface area contributed by atoms with Gasteiger partial charge in [0.2, 0.25) is 5.88 Å². The molecule has 6 heteroatoms. The molecule has 2 aromatic heterocycles. The molecule has 0 fully saturated rings. The normalized spacial score (nSPS) is 10.8. The van der Waals surface area contributed by atoms with Crippen LogP contribution >= 0.6 is 0 Å². The average molecular weight is 261 g/mol. The SMILES string of the molecule is CCNc1cc(Oc2cnn(C)c2)nc(C(C)C)n1. The van der Waals surface area contributed by atoms with E-state index in [2.05, 4.69) is 34.2 Å². The molecule has 0 saturated heterocycles. The minimum Gasteiger partial charge on any atom is -0.436 e. The average Bonchev–Trinajstić information content (AvgIpc) is 2.75. The van der Waals surface area contributed by atoms with Gasteiger partial charge in [-0.2, -0.15) is 10.1 Å². The molecule has 0 radical (unpaired) electrons. The van der Waals surface area contributed by atoms with Gasteiger partial charge in [-0.05, 0) is 6.92 Å². The number of ether oxygens (including phenoxy) is 1. The number of aryl methyl sites for hydroxylation is 1. The lowest BCUT2D eigenvalue weighted by molar-refractivity contribution is 0.456. The van der Waals surface area contributed by atoms with Crippen LogP contribution in [0.25, 0.3) is 0 Å². The molecule has 0 saturated carbocycles. The Bertz CT molecular complexity index is 550. The molecule has 19 heavy (non-hydrogen) atoms. The Morgan fingerprint density at radius 3 is 2.74 bits per heavy atom. The predicted octanol–water partition coefficient (Wildman–Crippen LogP) is 2.56. The monoisotopic (exact) mass is 261 g/mol. The quantitative estimate of drug-likeness (QED) is 0.896. The third-order valence-corrected chi connectivity index (χ3v) is 2.50. The Balaban J connectivity index is 2.27. The van der Waals surface area contributed by atoms with Gasteiger partial charge >= 0.3 is 0 Å². The first-order valence-corrected chi connectivity index (χ1v) is 6.38. The summed E-state index contributed by atoms with van der Waals surface area (Å²) in [5.41, 5.74) is 0. The standard InChI is InChI=1S/C13H19N5O/c1-5-14-11-6-12(17-13(16-11)9(2)3)19-10-7-15-18(4)8-10/h6-9H,5H2,1-4H3,(H,14,16,17). The first-order chi connectivity index (χ1) is 9.08. The molecule has 2 rings (SSSR count). The van der Waals surface area contributed by atoms with E-state index in [1.54, 1.807) is 23.1 Å². The second-order valence-electron chi connectivity index (χ2n) is 4.59. The Hall–Kier alpha value is -2.11. The summed E-state index contributed by atoms with van der Waals surface area (Å²) in [5, 5.41) is 7.24. The molecule has 0 bridgehead atoms. The smallest absolute Gasteiger partial charge is 0.224 e. The third-order valence-electron chi connectivity index (χ3n) is 2.50. The number of rotatable bonds is 5. The van der Waals surface area contributed by atoms with Gasteiger partial charge in [0, 0.05) is 25.6 Å². The Morgan fingerprint density at radius 2 is 2.16 bits per heavy atom. The molecular formula is C13H19N5O. The summed E-state index contributed by atoms with van der Waals surface area (Å²) in [6.45, 7) is 6.94. The first-order valence-electron chi connectivity index (χ1n) is 6.38. The molecular weight excluding hydrogens is 242 g/mol. The third kappa shape index (κ3) is 3.43. The van der Waals surface area contributed by atoms with Crippen molar-refractivity contribution in [3.05, 3.63) is 24.3 Å². The number of anilines is 1. The van der Waals surface area contributed by atoms with Crippen LogP contribution in [0.5, 0.6) is 11.6 Å². The largest absolute Gasteiger partial charge is 0.436 e. The molecule has 2 aromatic rings. The summed E-state index contributed by atoms with van der Waals surface area (Å²) in [7, 11) is 1.84. The van der Waals surface area contributed by atoms with Crippen LogP contribution in [0.4, 0.5) is 5.82 Å². The van der Waals surface area contributed by atoms with E-state index < -0.39 is 0 Å². The zero-order valence-corrected chi connectivity index (χ0v) is 11.7. The minimum atomic E-state index is 0.245. The molecule has 0 aromatic carbocycles. The maximum atomic E-state index is 5.70. The molecule has 0 aliphatic heterocycles. The zero-order valence-electron chi connectivity index (χ0n) is 11.7. The molecule has 2 heterocycles. The van der Waals surface area contributed by atoms with Gasteiger partial charge in [0.1, 0.15) is 11.6 Å². The van der Waals surface area contributed by atoms with Gasteiger partial charge in [-0.25, -0.2) is 4.98 Å². The lowest BCUT2D eigenvalue weighted by Gasteiger charge is -2.10. The maximum absolute atomic E-state index is 5.70. The van der Waals surface area contributed by atoms with Crippen molar-refractivity contribution in [1.29, 1.82) is 0 Å². The molecule has 102 valence electrons. The van der Waals surface area contributed by atoms with Crippen LogP contribution in [0.2, 0.25) is 0 Å². The van der Waals surface area contributed by atoms with Crippen molar-refractivity contribution in [1.82, 2.24) is 19.7 Å². The van der Waals surface area contributed by atoms with Gasteiger partial charge in [0.25, 0.3) is 0 Å². The van der Waals surface area contributed by atoms with Gasteiger partial charge < -0.3 is 10.1 Å². The highest BCUT2D eigenvalue weighted by Crippen LogP contribution is 2.23. The van der Waals surface area contributed by atoms with Gasteiger partial charge in [0.05, 0.1) is 12.4 Å². The molecule has 0 aliphatic carbocycles. The summed E-state index contributed by atoms with van der Waals surface area (Å²) >= 11 is 0. The number of aromatic nitrogens is 4. The summed E-state index contributed by atoms with van der Waals surface area (Å²) in [5.74, 6) is 2.98. The van der Waals surface area contributed by atoms with E-state index >= 15 is 0 Å². The number of nitrogens with zero attached hydrogens (tertiary/aromatic N) is 4. The van der Waals surface area contributed by atoms with Crippen molar-refractivity contribution in [3.8, 4) is 11.6 Å². The topological polar surface area (TPSA) is 64.9 Å². The van der Waals surface area contributed by atoms with Crippen LogP contribution in [0, 0.1) is 0 Å². The van der Waals surface area contributed by atoms with E-state index in [9.17, 15) is 0 Å². The summed E-state index contributed by atoms with van der Waals surface area (Å²) in [6, 6.07) is 1.79. The molecule has 0 spiro atoms. The van der Waals surface area contributed by atoms with Crippen LogP contribution in [-0.2, 0) is 7.05 Å². The van der Waals surface area contributed by atoms with E-state index in [1.807, 2.05) is 14.0 Å². The van der Waals surface area contributed by atoms with E-state index in [0.29, 0.717) is 11.6 Å². The van der Waals surface area contributed by atoms with Crippen molar-refractivity contribution < 1.29 is 4.74 Å². The van der Waals surface area contributed by atoms with Crippen LogP contribution in [0.1, 0.15) is 32.5 Å². The highest BCUT2D eigenvalue weighted by molar-refractivity contribution is 5.39. The lowest BCUT2D eigenvalue weighted by Crippen LogP contribution is -2.05. The fourth-order valence-electron chi connectivity index (χ4n) is 1.60. The van der Waals surface area contributed by atoms with Crippen LogP contribution in [0.15, 0.2) is 18.5 Å². The van der Waals surface area contributed by atoms with Crippen LogP contribution in [-0.4, -0.2) is 26.3 Å². The van der Waals surface area contributed by atoms with Crippen molar-refractivity contribution in [3.63, 3.8) is 0 Å². The zero-order chi connectivity index (χ0) is 13.8. The molecule has 0 unspecified atom stereocenters. The maximum Gasteiger partial charge on any atom is 0.224 e. The van der Waals surface area contributed by atoms with Crippen LogP contribution in [0.3, 0.4) is 0 Å². The highest BCUT2D eigenvalue weighted by atomic mass is 16.5. The second-order valence-corrected chi connectivity index (χ2v) is 4.59. The molecule has 0 amide bonds. The first kappa shape index (κ1) is 13.3. The van der Waals surface area contributed by atoms with Crippen molar-refractivity contribution in [2.75, 3.05) is 11.9 Å². The van der Waals surface area contributed by atoms with Crippen molar-refractivity contribution in [2.24, 2.45) is 7.05 Å². The predicted molar refractivity (Wildman–Crippen MR) is 73.6 cm³/mol. The summed E-state index contributed by atoms with van der Waals surface area (Å²) < 4.78 is 7.39. The summed E-state index contributed by atoms with van der Waals surface area (Å²) in [6.07, 6.45) is 3.45.